The van der Waals surface area contributed by atoms with Gasteiger partial charge in [0.05, 0.1) is 0 Å². The van der Waals surface area contributed by atoms with Gasteiger partial charge in [0, 0.05) is 6.42 Å². The average molecular weight is 401 g/mol. The van der Waals surface area contributed by atoms with Crippen LogP contribution in [0.15, 0.2) is 84.9 Å². The van der Waals surface area contributed by atoms with Crippen LogP contribution in [0, 0.1) is 0 Å². The molecule has 3 aromatic rings. The van der Waals surface area contributed by atoms with Gasteiger partial charge in [-0.05, 0) is 35.2 Å². The molecule has 0 radical (unpaired) electrons. The Bertz CT molecular complexity index is 1000. The maximum Gasteiger partial charge on any atom is 0.417 e. The Labute approximate surface area is 175 Å². The fourth-order valence-electron chi connectivity index (χ4n) is 3.52. The molecule has 1 atom stereocenters. The van der Waals surface area contributed by atoms with Crippen molar-refractivity contribution in [2.45, 2.75) is 25.5 Å². The standard InChI is InChI=1S/C25H23NO4/c27-24(26-23(18-30-25(26)28)21-11-5-2-6-12-21)15-14-19-10-7-13-22(16-19)29-17-20-8-3-1-4-9-20/h1-13,16,23H,14-15,17-18H2. The number of aryl methyl sites for hydroxylation is 1. The molecular formula is C25H23NO4. The molecule has 5 nitrogen and oxygen atoms in total. The van der Waals surface area contributed by atoms with Gasteiger partial charge in [-0.15, -0.1) is 0 Å². The maximum absolute atomic E-state index is 12.8. The summed E-state index contributed by atoms with van der Waals surface area (Å²) in [5.41, 5.74) is 2.98. The van der Waals surface area contributed by atoms with Gasteiger partial charge in [0.15, 0.2) is 0 Å². The van der Waals surface area contributed by atoms with E-state index in [4.69, 9.17) is 9.47 Å². The van der Waals surface area contributed by atoms with E-state index >= 15 is 0 Å². The van der Waals surface area contributed by atoms with E-state index < -0.39 is 6.09 Å². The van der Waals surface area contributed by atoms with Crippen LogP contribution in [-0.4, -0.2) is 23.5 Å². The fourth-order valence-corrected chi connectivity index (χ4v) is 3.52. The Kier molecular flexibility index (Phi) is 6.09. The topological polar surface area (TPSA) is 55.8 Å². The SMILES string of the molecule is O=C(CCc1cccc(OCc2ccccc2)c1)N1C(=O)OCC1c1ccccc1. The molecule has 1 unspecified atom stereocenters. The van der Waals surface area contributed by atoms with Crippen molar-refractivity contribution in [1.29, 1.82) is 0 Å². The highest BCUT2D eigenvalue weighted by Crippen LogP contribution is 2.28. The quantitative estimate of drug-likeness (QED) is 0.564. The summed E-state index contributed by atoms with van der Waals surface area (Å²) < 4.78 is 11.0. The first-order valence-corrected chi connectivity index (χ1v) is 10.00. The first kappa shape index (κ1) is 19.7. The second kappa shape index (κ2) is 9.27. The lowest BCUT2D eigenvalue weighted by molar-refractivity contribution is -0.129. The van der Waals surface area contributed by atoms with Crippen LogP contribution in [0.1, 0.15) is 29.2 Å². The minimum atomic E-state index is -0.575. The molecule has 30 heavy (non-hydrogen) atoms. The molecule has 152 valence electrons. The van der Waals surface area contributed by atoms with E-state index in [2.05, 4.69) is 0 Å². The number of benzene rings is 3. The van der Waals surface area contributed by atoms with E-state index in [1.54, 1.807) is 0 Å². The number of hydrogen-bond acceptors (Lipinski definition) is 4. The summed E-state index contributed by atoms with van der Waals surface area (Å²) in [7, 11) is 0. The van der Waals surface area contributed by atoms with Crippen LogP contribution >= 0.6 is 0 Å². The Morgan fingerprint density at radius 2 is 1.63 bits per heavy atom. The number of amides is 2. The Morgan fingerprint density at radius 3 is 2.40 bits per heavy atom. The molecule has 0 spiro atoms. The Balaban J connectivity index is 1.37. The lowest BCUT2D eigenvalue weighted by Gasteiger charge is -2.20. The first-order chi connectivity index (χ1) is 14.7. The van der Waals surface area contributed by atoms with E-state index in [1.165, 1.54) is 4.90 Å². The summed E-state index contributed by atoms with van der Waals surface area (Å²) in [5, 5.41) is 0. The third-order valence-corrected chi connectivity index (χ3v) is 5.10. The van der Waals surface area contributed by atoms with E-state index in [9.17, 15) is 9.59 Å². The van der Waals surface area contributed by atoms with Crippen molar-refractivity contribution >= 4 is 12.0 Å². The van der Waals surface area contributed by atoms with Gasteiger partial charge in [0.25, 0.3) is 0 Å². The number of cyclic esters (lactones) is 1. The molecule has 1 fully saturated rings. The van der Waals surface area contributed by atoms with E-state index in [0.717, 1.165) is 22.4 Å². The normalized spacial score (nSPS) is 15.7. The molecule has 1 aliphatic rings. The van der Waals surface area contributed by atoms with Crippen LogP contribution in [0.3, 0.4) is 0 Å². The molecule has 3 aromatic carbocycles. The lowest BCUT2D eigenvalue weighted by Crippen LogP contribution is -2.34. The van der Waals surface area contributed by atoms with Gasteiger partial charge in [-0.1, -0.05) is 72.8 Å². The molecule has 5 heteroatoms. The molecule has 0 saturated carbocycles. The van der Waals surface area contributed by atoms with Crippen molar-refractivity contribution in [2.75, 3.05) is 6.61 Å². The summed E-state index contributed by atoms with van der Waals surface area (Å²) >= 11 is 0. The van der Waals surface area contributed by atoms with Gasteiger partial charge >= 0.3 is 6.09 Å². The molecule has 2 amide bonds. The van der Waals surface area contributed by atoms with Crippen molar-refractivity contribution in [3.05, 3.63) is 102 Å². The smallest absolute Gasteiger partial charge is 0.417 e. The number of carbonyl (C=O) groups is 2. The largest absolute Gasteiger partial charge is 0.489 e. The van der Waals surface area contributed by atoms with Crippen LogP contribution in [0.5, 0.6) is 5.75 Å². The summed E-state index contributed by atoms with van der Waals surface area (Å²) in [6.45, 7) is 0.680. The van der Waals surface area contributed by atoms with Crippen molar-refractivity contribution in [1.82, 2.24) is 4.90 Å². The second-order valence-electron chi connectivity index (χ2n) is 7.19. The third kappa shape index (κ3) is 4.69. The van der Waals surface area contributed by atoms with Crippen molar-refractivity contribution in [3.8, 4) is 5.75 Å². The zero-order valence-electron chi connectivity index (χ0n) is 16.6. The highest BCUT2D eigenvalue weighted by atomic mass is 16.6. The third-order valence-electron chi connectivity index (χ3n) is 5.10. The summed E-state index contributed by atoms with van der Waals surface area (Å²) in [4.78, 5) is 26.2. The highest BCUT2D eigenvalue weighted by Gasteiger charge is 2.38. The number of nitrogens with zero attached hydrogens (tertiary/aromatic N) is 1. The predicted octanol–water partition coefficient (Wildman–Crippen LogP) is 4.92. The minimum absolute atomic E-state index is 0.192. The summed E-state index contributed by atoms with van der Waals surface area (Å²) in [6.07, 6.45) is 0.168. The summed E-state index contributed by atoms with van der Waals surface area (Å²) in [5.74, 6) is 0.522. The van der Waals surface area contributed by atoms with Gasteiger partial charge < -0.3 is 9.47 Å². The summed E-state index contributed by atoms with van der Waals surface area (Å²) in [6, 6.07) is 26.8. The van der Waals surface area contributed by atoms with Crippen LogP contribution < -0.4 is 4.74 Å². The van der Waals surface area contributed by atoms with Gasteiger partial charge in [0.2, 0.25) is 5.91 Å². The molecule has 1 saturated heterocycles. The highest BCUT2D eigenvalue weighted by molar-refractivity contribution is 5.93. The zero-order valence-corrected chi connectivity index (χ0v) is 16.6. The van der Waals surface area contributed by atoms with E-state index in [-0.39, 0.29) is 25.0 Å². The van der Waals surface area contributed by atoms with Gasteiger partial charge in [-0.25, -0.2) is 9.69 Å². The Hall–Kier alpha value is -3.60. The van der Waals surface area contributed by atoms with E-state index in [0.29, 0.717) is 13.0 Å². The van der Waals surface area contributed by atoms with Crippen molar-refractivity contribution in [3.63, 3.8) is 0 Å². The number of carbonyl (C=O) groups excluding carboxylic acids is 2. The minimum Gasteiger partial charge on any atom is -0.489 e. The molecule has 0 aliphatic carbocycles. The molecule has 0 N–H and O–H groups in total. The average Bonchev–Trinajstić information content (AvgIpc) is 3.19. The van der Waals surface area contributed by atoms with Gasteiger partial charge in [-0.2, -0.15) is 0 Å². The van der Waals surface area contributed by atoms with Crippen LogP contribution in [-0.2, 0) is 22.6 Å². The molecule has 0 aromatic heterocycles. The predicted molar refractivity (Wildman–Crippen MR) is 113 cm³/mol. The zero-order chi connectivity index (χ0) is 20.8. The monoisotopic (exact) mass is 401 g/mol. The van der Waals surface area contributed by atoms with Crippen molar-refractivity contribution in [2.24, 2.45) is 0 Å². The van der Waals surface area contributed by atoms with E-state index in [1.807, 2.05) is 84.9 Å². The number of rotatable bonds is 7. The van der Waals surface area contributed by atoms with Gasteiger partial charge in [-0.3, -0.25) is 4.79 Å². The van der Waals surface area contributed by atoms with Crippen LogP contribution in [0.4, 0.5) is 4.79 Å². The van der Waals surface area contributed by atoms with Crippen LogP contribution in [0.2, 0.25) is 0 Å². The Morgan fingerprint density at radius 1 is 0.933 bits per heavy atom. The molecule has 0 bridgehead atoms. The maximum atomic E-state index is 12.8. The van der Waals surface area contributed by atoms with Gasteiger partial charge in [0.1, 0.15) is 25.0 Å². The molecule has 4 rings (SSSR count). The lowest BCUT2D eigenvalue weighted by atomic mass is 10.1. The molecule has 1 aliphatic heterocycles. The fraction of sp³-hybridized carbons (Fsp3) is 0.200. The molecule has 1 heterocycles. The number of imide groups is 1. The van der Waals surface area contributed by atoms with Crippen molar-refractivity contribution < 1.29 is 19.1 Å². The molecular weight excluding hydrogens is 378 g/mol. The number of ether oxygens (including phenoxy) is 2. The second-order valence-corrected chi connectivity index (χ2v) is 7.19. The first-order valence-electron chi connectivity index (χ1n) is 10.00. The van der Waals surface area contributed by atoms with Crippen LogP contribution in [0.25, 0.3) is 0 Å². The number of hydrogen-bond donors (Lipinski definition) is 0.